The van der Waals surface area contributed by atoms with Gasteiger partial charge in [0.2, 0.25) is 0 Å². The van der Waals surface area contributed by atoms with Crippen molar-refractivity contribution in [3.05, 3.63) is 24.5 Å². The van der Waals surface area contributed by atoms with Crippen LogP contribution in [-0.4, -0.2) is 68.9 Å². The van der Waals surface area contributed by atoms with Crippen LogP contribution in [0.3, 0.4) is 0 Å². The van der Waals surface area contributed by atoms with E-state index >= 15 is 0 Å². The number of aliphatic imine (C=N–C) groups is 1. The Balaban J connectivity index is 2.20. The first kappa shape index (κ1) is 18.5. The van der Waals surface area contributed by atoms with Gasteiger partial charge >= 0.3 is 0 Å². The third-order valence-electron chi connectivity index (χ3n) is 3.32. The molecule has 6 heteroatoms. The van der Waals surface area contributed by atoms with E-state index in [1.165, 1.54) is 0 Å². The molecule has 6 nitrogen and oxygen atoms in total. The normalized spacial score (nSPS) is 11.9. The first-order chi connectivity index (χ1) is 10.8. The summed E-state index contributed by atoms with van der Waals surface area (Å²) >= 11 is 0. The maximum atomic E-state index is 5.07. The van der Waals surface area contributed by atoms with Crippen molar-refractivity contribution in [2.75, 3.05) is 53.5 Å². The third kappa shape index (κ3) is 8.69. The van der Waals surface area contributed by atoms with Crippen molar-refractivity contribution in [3.8, 4) is 0 Å². The van der Waals surface area contributed by atoms with E-state index < -0.39 is 0 Å². The minimum atomic E-state index is 0.781. The summed E-state index contributed by atoms with van der Waals surface area (Å²) in [6.45, 7) is 8.39. The van der Waals surface area contributed by atoms with Crippen LogP contribution in [0, 0.1) is 0 Å². The molecule has 0 spiro atoms. The number of ether oxygens (including phenoxy) is 1. The topological polar surface area (TPSA) is 53.8 Å². The monoisotopic (exact) mass is 309 g/mol. The van der Waals surface area contributed by atoms with Crippen molar-refractivity contribution in [2.24, 2.45) is 4.99 Å². The second-order valence-corrected chi connectivity index (χ2v) is 5.26. The van der Waals surface area contributed by atoms with E-state index in [0.29, 0.717) is 0 Å². The summed E-state index contributed by atoms with van der Waals surface area (Å²) in [7, 11) is 3.85. The van der Waals surface area contributed by atoms with E-state index in [9.17, 15) is 0 Å². The van der Waals surface area contributed by atoms with Crippen LogP contribution in [0.25, 0.3) is 0 Å². The van der Waals surface area contributed by atoms with Crippen molar-refractivity contribution in [1.82, 2.24) is 20.1 Å². The van der Waals surface area contributed by atoms with Crippen LogP contribution in [0.2, 0.25) is 0 Å². The minimum absolute atomic E-state index is 0.781. The average Bonchev–Trinajstić information content (AvgIpc) is 3.02. The van der Waals surface area contributed by atoms with E-state index in [4.69, 9.17) is 4.74 Å². The Morgan fingerprint density at radius 2 is 2.00 bits per heavy atom. The van der Waals surface area contributed by atoms with Crippen LogP contribution in [-0.2, 0) is 11.3 Å². The van der Waals surface area contributed by atoms with Gasteiger partial charge in [-0.05, 0) is 39.1 Å². The van der Waals surface area contributed by atoms with E-state index in [2.05, 4.69) is 51.5 Å². The second kappa shape index (κ2) is 12.1. The lowest BCUT2D eigenvalue weighted by atomic mass is 10.4. The highest BCUT2D eigenvalue weighted by Crippen LogP contribution is 1.90. The third-order valence-corrected chi connectivity index (χ3v) is 3.32. The molecule has 0 saturated heterocycles. The Bertz CT molecular complexity index is 391. The molecule has 0 unspecified atom stereocenters. The zero-order valence-corrected chi connectivity index (χ0v) is 14.2. The highest BCUT2D eigenvalue weighted by atomic mass is 16.5. The molecule has 0 bridgehead atoms. The van der Waals surface area contributed by atoms with Crippen molar-refractivity contribution in [1.29, 1.82) is 0 Å². The van der Waals surface area contributed by atoms with Gasteiger partial charge in [-0.2, -0.15) is 0 Å². The predicted molar refractivity (Wildman–Crippen MR) is 92.4 cm³/mol. The Morgan fingerprint density at radius 1 is 1.23 bits per heavy atom. The zero-order chi connectivity index (χ0) is 16.0. The lowest BCUT2D eigenvalue weighted by Crippen LogP contribution is -2.39. The summed E-state index contributed by atoms with van der Waals surface area (Å²) < 4.78 is 7.23. The van der Waals surface area contributed by atoms with Gasteiger partial charge in [0.05, 0.1) is 6.61 Å². The number of aromatic nitrogens is 1. The van der Waals surface area contributed by atoms with Gasteiger partial charge in [-0.25, -0.2) is 0 Å². The van der Waals surface area contributed by atoms with Gasteiger partial charge in [0.1, 0.15) is 0 Å². The van der Waals surface area contributed by atoms with Crippen LogP contribution in [0.5, 0.6) is 0 Å². The molecule has 0 amide bonds. The number of nitrogens with one attached hydrogen (secondary N) is 2. The summed E-state index contributed by atoms with van der Waals surface area (Å²) in [6, 6.07) is 4.08. The van der Waals surface area contributed by atoms with Crippen LogP contribution in [0.4, 0.5) is 0 Å². The van der Waals surface area contributed by atoms with Gasteiger partial charge < -0.3 is 24.8 Å². The molecule has 0 aliphatic carbocycles. The van der Waals surface area contributed by atoms with Crippen molar-refractivity contribution in [3.63, 3.8) is 0 Å². The van der Waals surface area contributed by atoms with Gasteiger partial charge in [-0.15, -0.1) is 0 Å². The SMILES string of the molecule is CCNC(=NCCCN(C)CCOC)NCCn1cccc1. The number of hydrogen-bond acceptors (Lipinski definition) is 3. The Morgan fingerprint density at radius 3 is 2.68 bits per heavy atom. The maximum absolute atomic E-state index is 5.07. The van der Waals surface area contributed by atoms with Crippen LogP contribution >= 0.6 is 0 Å². The molecule has 0 atom stereocenters. The lowest BCUT2D eigenvalue weighted by Gasteiger charge is -2.15. The predicted octanol–water partition coefficient (Wildman–Crippen LogP) is 1.01. The molecule has 0 saturated carbocycles. The van der Waals surface area contributed by atoms with Gasteiger partial charge in [-0.1, -0.05) is 0 Å². The van der Waals surface area contributed by atoms with Crippen LogP contribution in [0.1, 0.15) is 13.3 Å². The molecule has 22 heavy (non-hydrogen) atoms. The van der Waals surface area contributed by atoms with Crippen molar-refractivity contribution < 1.29 is 4.74 Å². The molecule has 0 aromatic carbocycles. The number of guanidine groups is 1. The number of likely N-dealkylation sites (N-methyl/N-ethyl adjacent to an activating group) is 1. The molecule has 1 heterocycles. The number of hydrogen-bond donors (Lipinski definition) is 2. The summed E-state index contributed by atoms with van der Waals surface area (Å²) in [5.41, 5.74) is 0. The fourth-order valence-corrected chi connectivity index (χ4v) is 2.05. The quantitative estimate of drug-likeness (QED) is 0.364. The Kier molecular flexibility index (Phi) is 10.1. The molecular weight excluding hydrogens is 278 g/mol. The number of nitrogens with zero attached hydrogens (tertiary/aromatic N) is 3. The maximum Gasteiger partial charge on any atom is 0.191 e. The van der Waals surface area contributed by atoms with Crippen molar-refractivity contribution in [2.45, 2.75) is 19.9 Å². The molecule has 1 rings (SSSR count). The lowest BCUT2D eigenvalue weighted by molar-refractivity contribution is 0.161. The minimum Gasteiger partial charge on any atom is -0.383 e. The first-order valence-corrected chi connectivity index (χ1v) is 8.06. The molecule has 126 valence electrons. The van der Waals surface area contributed by atoms with E-state index in [0.717, 1.165) is 58.3 Å². The zero-order valence-electron chi connectivity index (χ0n) is 14.2. The fourth-order valence-electron chi connectivity index (χ4n) is 2.05. The molecule has 0 aliphatic rings. The summed E-state index contributed by atoms with van der Waals surface area (Å²) in [5.74, 6) is 0.897. The molecule has 2 N–H and O–H groups in total. The summed E-state index contributed by atoms with van der Waals surface area (Å²) in [4.78, 5) is 6.88. The largest absolute Gasteiger partial charge is 0.383 e. The standard InChI is InChI=1S/C16H31N5O/c1-4-17-16(19-9-13-21-11-5-6-12-21)18-8-7-10-20(2)14-15-22-3/h5-6,11-12H,4,7-10,13-15H2,1-3H3,(H2,17,18,19). The molecule has 1 aromatic rings. The highest BCUT2D eigenvalue weighted by molar-refractivity contribution is 5.79. The average molecular weight is 309 g/mol. The van der Waals surface area contributed by atoms with Crippen molar-refractivity contribution >= 4 is 5.96 Å². The Labute approximate surface area is 134 Å². The smallest absolute Gasteiger partial charge is 0.191 e. The molecule has 0 radical (unpaired) electrons. The van der Waals surface area contributed by atoms with Gasteiger partial charge in [0, 0.05) is 52.2 Å². The van der Waals surface area contributed by atoms with E-state index in [1.54, 1.807) is 7.11 Å². The first-order valence-electron chi connectivity index (χ1n) is 8.06. The van der Waals surface area contributed by atoms with Crippen LogP contribution < -0.4 is 10.6 Å². The Hall–Kier alpha value is -1.53. The van der Waals surface area contributed by atoms with Gasteiger partial charge in [-0.3, -0.25) is 4.99 Å². The number of methoxy groups -OCH3 is 1. The summed E-state index contributed by atoms with van der Waals surface area (Å²) in [6.07, 6.45) is 5.19. The van der Waals surface area contributed by atoms with Crippen LogP contribution in [0.15, 0.2) is 29.5 Å². The van der Waals surface area contributed by atoms with E-state index in [1.807, 2.05) is 12.1 Å². The molecular formula is C16H31N5O. The molecule has 0 aliphatic heterocycles. The fraction of sp³-hybridized carbons (Fsp3) is 0.688. The number of rotatable bonds is 11. The highest BCUT2D eigenvalue weighted by Gasteiger charge is 1.99. The molecule has 1 aromatic heterocycles. The van der Waals surface area contributed by atoms with Gasteiger partial charge in [0.25, 0.3) is 0 Å². The van der Waals surface area contributed by atoms with E-state index in [-0.39, 0.29) is 0 Å². The summed E-state index contributed by atoms with van der Waals surface area (Å²) in [5, 5.41) is 6.65. The molecule has 0 fully saturated rings. The second-order valence-electron chi connectivity index (χ2n) is 5.26. The van der Waals surface area contributed by atoms with Gasteiger partial charge in [0.15, 0.2) is 5.96 Å².